The fourth-order valence-corrected chi connectivity index (χ4v) is 3.17. The average molecular weight is 302 g/mol. The molecule has 0 saturated heterocycles. The summed E-state index contributed by atoms with van der Waals surface area (Å²) < 4.78 is 13.4. The summed E-state index contributed by atoms with van der Waals surface area (Å²) in [7, 11) is 0. The van der Waals surface area contributed by atoms with Gasteiger partial charge < -0.3 is 0 Å². The minimum absolute atomic E-state index is 0.0658. The molecule has 6 heteroatoms. The largest absolute Gasteiger partial charge is 0.291 e. The van der Waals surface area contributed by atoms with Gasteiger partial charge in [-0.25, -0.2) is 9.37 Å². The fourth-order valence-electron chi connectivity index (χ4n) is 1.27. The molecule has 1 aromatic heterocycles. The molecule has 18 heavy (non-hydrogen) atoms. The van der Waals surface area contributed by atoms with Crippen molar-refractivity contribution in [1.29, 1.82) is 0 Å². The van der Waals surface area contributed by atoms with Crippen molar-refractivity contribution < 1.29 is 9.18 Å². The van der Waals surface area contributed by atoms with E-state index in [1.54, 1.807) is 23.6 Å². The molecule has 0 atom stereocenters. The predicted octanol–water partition coefficient (Wildman–Crippen LogP) is 4.00. The molecule has 0 bridgehead atoms. The van der Waals surface area contributed by atoms with E-state index in [-0.39, 0.29) is 17.5 Å². The van der Waals surface area contributed by atoms with Crippen LogP contribution in [-0.2, 0) is 5.75 Å². The molecule has 2 aromatic rings. The van der Waals surface area contributed by atoms with Crippen LogP contribution in [0.3, 0.4) is 0 Å². The van der Waals surface area contributed by atoms with Gasteiger partial charge in [-0.05, 0) is 12.1 Å². The third-order valence-electron chi connectivity index (χ3n) is 2.15. The van der Waals surface area contributed by atoms with Crippen LogP contribution in [0.4, 0.5) is 4.39 Å². The molecule has 0 aliphatic rings. The first-order valence-corrected chi connectivity index (χ1v) is 7.51. The summed E-state index contributed by atoms with van der Waals surface area (Å²) in [6, 6.07) is 6.58. The number of thiazole rings is 1. The van der Waals surface area contributed by atoms with E-state index in [0.29, 0.717) is 16.3 Å². The number of carbonyl (C=O) groups excluding carboxylic acids is 1. The number of nitrogens with zero attached hydrogens (tertiary/aromatic N) is 1. The SMILES string of the molecule is O=C(CCl)c1csc(CSc2ccccc2F)n1. The quantitative estimate of drug-likeness (QED) is 0.475. The second-order valence-corrected chi connectivity index (χ2v) is 5.63. The summed E-state index contributed by atoms with van der Waals surface area (Å²) in [6.45, 7) is 0. The predicted molar refractivity (Wildman–Crippen MR) is 73.1 cm³/mol. The molecule has 2 rings (SSSR count). The van der Waals surface area contributed by atoms with Gasteiger partial charge in [0.1, 0.15) is 16.5 Å². The van der Waals surface area contributed by atoms with Crippen molar-refractivity contribution in [3.63, 3.8) is 0 Å². The van der Waals surface area contributed by atoms with E-state index in [1.165, 1.54) is 29.2 Å². The van der Waals surface area contributed by atoms with Crippen molar-refractivity contribution in [2.75, 3.05) is 5.88 Å². The molecular weight excluding hydrogens is 293 g/mol. The summed E-state index contributed by atoms with van der Waals surface area (Å²) in [5.41, 5.74) is 0.388. The van der Waals surface area contributed by atoms with E-state index in [4.69, 9.17) is 11.6 Å². The number of benzene rings is 1. The summed E-state index contributed by atoms with van der Waals surface area (Å²) in [6.07, 6.45) is 0. The van der Waals surface area contributed by atoms with Crippen molar-refractivity contribution in [3.05, 3.63) is 46.2 Å². The van der Waals surface area contributed by atoms with Gasteiger partial charge in [-0.1, -0.05) is 12.1 Å². The lowest BCUT2D eigenvalue weighted by Crippen LogP contribution is -2.00. The smallest absolute Gasteiger partial charge is 0.196 e. The number of alkyl halides is 1. The van der Waals surface area contributed by atoms with Crippen LogP contribution in [0.1, 0.15) is 15.5 Å². The normalized spacial score (nSPS) is 10.6. The van der Waals surface area contributed by atoms with E-state index >= 15 is 0 Å². The highest BCUT2D eigenvalue weighted by Gasteiger charge is 2.10. The molecule has 0 unspecified atom stereocenters. The van der Waals surface area contributed by atoms with Crippen LogP contribution in [-0.4, -0.2) is 16.6 Å². The Labute approximate surface area is 117 Å². The molecular formula is C12H9ClFNOS2. The van der Waals surface area contributed by atoms with Gasteiger partial charge in [0, 0.05) is 10.3 Å². The summed E-state index contributed by atoms with van der Waals surface area (Å²) in [5, 5.41) is 2.47. The number of hydrogen-bond donors (Lipinski definition) is 0. The number of rotatable bonds is 5. The van der Waals surface area contributed by atoms with E-state index < -0.39 is 0 Å². The zero-order valence-electron chi connectivity index (χ0n) is 9.23. The highest BCUT2D eigenvalue weighted by molar-refractivity contribution is 7.98. The Morgan fingerprint density at radius 3 is 2.94 bits per heavy atom. The first-order chi connectivity index (χ1) is 8.70. The Kier molecular flexibility index (Phi) is 4.74. The Morgan fingerprint density at radius 2 is 2.22 bits per heavy atom. The number of carbonyl (C=O) groups is 1. The number of ketones is 1. The zero-order valence-corrected chi connectivity index (χ0v) is 11.6. The highest BCUT2D eigenvalue weighted by Crippen LogP contribution is 2.26. The van der Waals surface area contributed by atoms with Crippen molar-refractivity contribution >= 4 is 40.5 Å². The van der Waals surface area contributed by atoms with Crippen LogP contribution in [0.15, 0.2) is 34.5 Å². The van der Waals surface area contributed by atoms with Crippen molar-refractivity contribution in [1.82, 2.24) is 4.98 Å². The lowest BCUT2D eigenvalue weighted by atomic mass is 10.3. The van der Waals surface area contributed by atoms with Gasteiger partial charge >= 0.3 is 0 Å². The molecule has 0 fully saturated rings. The molecule has 0 radical (unpaired) electrons. The van der Waals surface area contributed by atoms with Gasteiger partial charge in [0.05, 0.1) is 11.6 Å². The molecule has 0 N–H and O–H groups in total. The Bertz CT molecular complexity index is 559. The standard InChI is InChI=1S/C12H9ClFNOS2/c13-5-10(16)9-6-18-12(15-9)7-17-11-4-2-1-3-8(11)14/h1-4,6H,5,7H2. The van der Waals surface area contributed by atoms with Crippen LogP contribution in [0.5, 0.6) is 0 Å². The number of thioether (sulfide) groups is 1. The lowest BCUT2D eigenvalue weighted by Gasteiger charge is -2.00. The second-order valence-electron chi connectivity index (χ2n) is 3.40. The van der Waals surface area contributed by atoms with Crippen molar-refractivity contribution in [2.45, 2.75) is 10.6 Å². The Morgan fingerprint density at radius 1 is 1.44 bits per heavy atom. The van der Waals surface area contributed by atoms with Gasteiger partial charge in [-0.2, -0.15) is 0 Å². The average Bonchev–Trinajstić information content (AvgIpc) is 2.86. The van der Waals surface area contributed by atoms with E-state index in [9.17, 15) is 9.18 Å². The van der Waals surface area contributed by atoms with E-state index in [0.717, 1.165) is 5.01 Å². The molecule has 0 saturated carbocycles. The van der Waals surface area contributed by atoms with Gasteiger partial charge in [0.2, 0.25) is 0 Å². The minimum atomic E-state index is -0.240. The second kappa shape index (κ2) is 6.31. The van der Waals surface area contributed by atoms with E-state index in [2.05, 4.69) is 4.98 Å². The summed E-state index contributed by atoms with van der Waals surface area (Å²) in [5.74, 6) is 0.0521. The van der Waals surface area contributed by atoms with Crippen LogP contribution < -0.4 is 0 Å². The van der Waals surface area contributed by atoms with Gasteiger partial charge in [-0.15, -0.1) is 34.7 Å². The van der Waals surface area contributed by atoms with Crippen molar-refractivity contribution in [2.24, 2.45) is 0 Å². The van der Waals surface area contributed by atoms with Gasteiger partial charge in [0.25, 0.3) is 0 Å². The minimum Gasteiger partial charge on any atom is -0.291 e. The maximum absolute atomic E-state index is 13.4. The monoisotopic (exact) mass is 301 g/mol. The molecule has 2 nitrogen and oxygen atoms in total. The Balaban J connectivity index is 2.01. The lowest BCUT2D eigenvalue weighted by molar-refractivity contribution is 0.101. The van der Waals surface area contributed by atoms with Gasteiger partial charge in [-0.3, -0.25) is 4.79 Å². The Hall–Kier alpha value is -0.910. The molecule has 0 aliphatic carbocycles. The number of aromatic nitrogens is 1. The fraction of sp³-hybridized carbons (Fsp3) is 0.167. The maximum atomic E-state index is 13.4. The maximum Gasteiger partial charge on any atom is 0.196 e. The van der Waals surface area contributed by atoms with Crippen LogP contribution in [0.2, 0.25) is 0 Å². The zero-order chi connectivity index (χ0) is 13.0. The first kappa shape index (κ1) is 13.5. The molecule has 1 aromatic carbocycles. The third-order valence-corrected chi connectivity index (χ3v) is 4.48. The molecule has 1 heterocycles. The molecule has 0 aliphatic heterocycles. The van der Waals surface area contributed by atoms with Gasteiger partial charge in [0.15, 0.2) is 5.78 Å². The summed E-state index contributed by atoms with van der Waals surface area (Å²) in [4.78, 5) is 16.0. The number of hydrogen-bond acceptors (Lipinski definition) is 4. The van der Waals surface area contributed by atoms with E-state index in [1.807, 2.05) is 0 Å². The highest BCUT2D eigenvalue weighted by atomic mass is 35.5. The topological polar surface area (TPSA) is 30.0 Å². The molecule has 94 valence electrons. The third kappa shape index (κ3) is 3.31. The number of halogens is 2. The van der Waals surface area contributed by atoms with Crippen LogP contribution >= 0.6 is 34.7 Å². The summed E-state index contributed by atoms with van der Waals surface area (Å²) >= 11 is 8.20. The molecule has 0 amide bonds. The van der Waals surface area contributed by atoms with Crippen LogP contribution in [0, 0.1) is 5.82 Å². The van der Waals surface area contributed by atoms with Crippen molar-refractivity contribution in [3.8, 4) is 0 Å². The van der Waals surface area contributed by atoms with Crippen LogP contribution in [0.25, 0.3) is 0 Å². The number of Topliss-reactive ketones (excluding diaryl/α,β-unsaturated/α-hetero) is 1. The molecule has 0 spiro atoms. The first-order valence-electron chi connectivity index (χ1n) is 5.11.